The van der Waals surface area contributed by atoms with Crippen LogP contribution >= 0.6 is 11.3 Å². The van der Waals surface area contributed by atoms with Crippen LogP contribution in [0.5, 0.6) is 0 Å². The molecule has 0 bridgehead atoms. The molecule has 1 aliphatic carbocycles. The Bertz CT molecular complexity index is 564. The van der Waals surface area contributed by atoms with E-state index in [0.29, 0.717) is 5.88 Å². The maximum absolute atomic E-state index is 10.7. The summed E-state index contributed by atoms with van der Waals surface area (Å²) in [6.07, 6.45) is 4.54. The predicted molar refractivity (Wildman–Crippen MR) is 67.7 cm³/mol. The van der Waals surface area contributed by atoms with E-state index >= 15 is 0 Å². The second-order valence-corrected chi connectivity index (χ2v) is 5.27. The largest absolute Gasteiger partial charge is 0.475 e. The van der Waals surface area contributed by atoms with Crippen molar-refractivity contribution in [1.82, 2.24) is 4.98 Å². The van der Waals surface area contributed by atoms with Crippen LogP contribution in [0.4, 0.5) is 11.0 Å². The molecule has 5 nitrogen and oxygen atoms in total. The van der Waals surface area contributed by atoms with Crippen LogP contribution in [0.15, 0.2) is 16.5 Å². The summed E-state index contributed by atoms with van der Waals surface area (Å²) in [5.41, 5.74) is 1.17. The van der Waals surface area contributed by atoms with Gasteiger partial charge in [0.15, 0.2) is 11.0 Å². The Morgan fingerprint density at radius 1 is 1.39 bits per heavy atom. The van der Waals surface area contributed by atoms with Gasteiger partial charge in [-0.05, 0) is 31.7 Å². The molecule has 2 heterocycles. The van der Waals surface area contributed by atoms with E-state index in [1.165, 1.54) is 29.5 Å². The van der Waals surface area contributed by atoms with Crippen molar-refractivity contribution in [2.75, 3.05) is 5.32 Å². The molecule has 0 unspecified atom stereocenters. The van der Waals surface area contributed by atoms with E-state index in [4.69, 9.17) is 9.52 Å². The van der Waals surface area contributed by atoms with Crippen LogP contribution in [0.25, 0.3) is 0 Å². The summed E-state index contributed by atoms with van der Waals surface area (Å²) in [5.74, 6) is -0.723. The first-order valence-electron chi connectivity index (χ1n) is 5.81. The number of aryl methyl sites for hydroxylation is 2. The molecule has 1 aliphatic rings. The van der Waals surface area contributed by atoms with E-state index < -0.39 is 5.97 Å². The number of carbonyl (C=O) groups is 1. The lowest BCUT2D eigenvalue weighted by atomic mass is 10.0. The number of aromatic carboxylic acids is 1. The van der Waals surface area contributed by atoms with Crippen LogP contribution in [0.3, 0.4) is 0 Å². The molecule has 0 saturated heterocycles. The number of furan rings is 1. The number of rotatable bonds is 3. The lowest BCUT2D eigenvalue weighted by Gasteiger charge is -2.06. The first kappa shape index (κ1) is 11.3. The summed E-state index contributed by atoms with van der Waals surface area (Å²) in [6.45, 7) is 0. The molecular weight excluding hydrogens is 252 g/mol. The topological polar surface area (TPSA) is 75.4 Å². The molecule has 0 atom stereocenters. The predicted octanol–water partition coefficient (Wildman–Crippen LogP) is 3.06. The minimum atomic E-state index is -1.07. The van der Waals surface area contributed by atoms with Gasteiger partial charge < -0.3 is 14.8 Å². The van der Waals surface area contributed by atoms with Crippen molar-refractivity contribution in [2.45, 2.75) is 25.7 Å². The summed E-state index contributed by atoms with van der Waals surface area (Å²) < 4.78 is 5.14. The number of hydrogen-bond acceptors (Lipinski definition) is 5. The number of anilines is 2. The fraction of sp³-hybridized carbons (Fsp3) is 0.333. The molecular formula is C12H12N2O3S. The number of aromatic nitrogens is 1. The second-order valence-electron chi connectivity index (χ2n) is 4.19. The Labute approximate surface area is 107 Å². The van der Waals surface area contributed by atoms with Gasteiger partial charge in [0, 0.05) is 10.9 Å². The van der Waals surface area contributed by atoms with Gasteiger partial charge in [0.25, 0.3) is 0 Å². The van der Waals surface area contributed by atoms with Crippen LogP contribution in [-0.2, 0) is 12.8 Å². The second kappa shape index (κ2) is 4.45. The molecule has 6 heteroatoms. The Morgan fingerprint density at radius 3 is 2.94 bits per heavy atom. The van der Waals surface area contributed by atoms with E-state index in [0.717, 1.165) is 18.0 Å². The van der Waals surface area contributed by atoms with E-state index in [2.05, 4.69) is 10.3 Å². The Kier molecular flexibility index (Phi) is 2.79. The molecule has 0 spiro atoms. The average Bonchev–Trinajstić information content (AvgIpc) is 2.94. The quantitative estimate of drug-likeness (QED) is 0.891. The SMILES string of the molecule is O=C(O)c1ccc(Nc2nc3c(s2)CCCC3)o1. The van der Waals surface area contributed by atoms with Crippen molar-refractivity contribution < 1.29 is 14.3 Å². The van der Waals surface area contributed by atoms with Gasteiger partial charge in [0.05, 0.1) is 5.69 Å². The standard InChI is InChI=1S/C12H12N2O3S/c15-11(16)8-5-6-10(17-8)14-12-13-7-3-1-2-4-9(7)18-12/h5-6H,1-4H2,(H,13,14)(H,15,16). The molecule has 94 valence electrons. The summed E-state index contributed by atoms with van der Waals surface area (Å²) in [5, 5.41) is 12.5. The third-order valence-electron chi connectivity index (χ3n) is 2.89. The maximum atomic E-state index is 10.7. The van der Waals surface area contributed by atoms with Crippen molar-refractivity contribution >= 4 is 28.3 Å². The molecule has 0 saturated carbocycles. The zero-order chi connectivity index (χ0) is 12.5. The Hall–Kier alpha value is -1.82. The van der Waals surface area contributed by atoms with Crippen molar-refractivity contribution in [3.8, 4) is 0 Å². The van der Waals surface area contributed by atoms with Gasteiger partial charge in [-0.2, -0.15) is 0 Å². The van der Waals surface area contributed by atoms with E-state index in [1.807, 2.05) is 0 Å². The summed E-state index contributed by atoms with van der Waals surface area (Å²) in [4.78, 5) is 16.5. The number of carboxylic acid groups (broad SMARTS) is 1. The van der Waals surface area contributed by atoms with Gasteiger partial charge >= 0.3 is 5.97 Å². The molecule has 0 amide bonds. The highest BCUT2D eigenvalue weighted by Gasteiger charge is 2.16. The monoisotopic (exact) mass is 264 g/mol. The molecule has 0 aliphatic heterocycles. The number of thiazole rings is 1. The molecule has 0 aromatic carbocycles. The van der Waals surface area contributed by atoms with Crippen LogP contribution < -0.4 is 5.32 Å². The Morgan fingerprint density at radius 2 is 2.22 bits per heavy atom. The zero-order valence-electron chi connectivity index (χ0n) is 9.60. The maximum Gasteiger partial charge on any atom is 0.371 e. The highest BCUT2D eigenvalue weighted by atomic mass is 32.1. The highest BCUT2D eigenvalue weighted by Crippen LogP contribution is 2.31. The van der Waals surface area contributed by atoms with Gasteiger partial charge in [-0.25, -0.2) is 9.78 Å². The number of carboxylic acids is 1. The van der Waals surface area contributed by atoms with Crippen molar-refractivity contribution in [3.63, 3.8) is 0 Å². The number of nitrogens with zero attached hydrogens (tertiary/aromatic N) is 1. The van der Waals surface area contributed by atoms with E-state index in [-0.39, 0.29) is 5.76 Å². The van der Waals surface area contributed by atoms with Crippen molar-refractivity contribution in [3.05, 3.63) is 28.5 Å². The van der Waals surface area contributed by atoms with Gasteiger partial charge in [-0.3, -0.25) is 0 Å². The minimum Gasteiger partial charge on any atom is -0.475 e. The molecule has 2 N–H and O–H groups in total. The van der Waals surface area contributed by atoms with Crippen LogP contribution in [0.2, 0.25) is 0 Å². The van der Waals surface area contributed by atoms with Crippen LogP contribution in [-0.4, -0.2) is 16.1 Å². The van der Waals surface area contributed by atoms with Gasteiger partial charge in [-0.1, -0.05) is 0 Å². The third kappa shape index (κ3) is 2.11. The fourth-order valence-corrected chi connectivity index (χ4v) is 3.08. The zero-order valence-corrected chi connectivity index (χ0v) is 10.4. The van der Waals surface area contributed by atoms with E-state index in [9.17, 15) is 4.79 Å². The minimum absolute atomic E-state index is 0.0705. The van der Waals surface area contributed by atoms with Crippen molar-refractivity contribution in [1.29, 1.82) is 0 Å². The summed E-state index contributed by atoms with van der Waals surface area (Å²) in [6, 6.07) is 3.03. The lowest BCUT2D eigenvalue weighted by Crippen LogP contribution is -1.99. The molecule has 3 rings (SSSR count). The van der Waals surface area contributed by atoms with Crippen molar-refractivity contribution in [2.24, 2.45) is 0 Å². The first-order valence-corrected chi connectivity index (χ1v) is 6.63. The molecule has 18 heavy (non-hydrogen) atoms. The number of nitrogens with one attached hydrogen (secondary N) is 1. The van der Waals surface area contributed by atoms with Gasteiger partial charge in [-0.15, -0.1) is 11.3 Å². The lowest BCUT2D eigenvalue weighted by molar-refractivity contribution is 0.0663. The average molecular weight is 264 g/mol. The summed E-state index contributed by atoms with van der Waals surface area (Å²) in [7, 11) is 0. The number of hydrogen-bond donors (Lipinski definition) is 2. The third-order valence-corrected chi connectivity index (χ3v) is 3.97. The molecule has 0 radical (unpaired) electrons. The fourth-order valence-electron chi connectivity index (χ4n) is 2.03. The number of fused-ring (bicyclic) bond motifs is 1. The Balaban J connectivity index is 1.79. The highest BCUT2D eigenvalue weighted by molar-refractivity contribution is 7.15. The summed E-state index contributed by atoms with van der Waals surface area (Å²) >= 11 is 1.62. The normalized spacial score (nSPS) is 14.2. The smallest absolute Gasteiger partial charge is 0.371 e. The van der Waals surface area contributed by atoms with Gasteiger partial charge in [0.2, 0.25) is 5.76 Å². The molecule has 0 fully saturated rings. The van der Waals surface area contributed by atoms with Crippen LogP contribution in [0, 0.1) is 0 Å². The molecule has 2 aromatic heterocycles. The first-order chi connectivity index (χ1) is 8.72. The van der Waals surface area contributed by atoms with Crippen LogP contribution in [0.1, 0.15) is 34.0 Å². The van der Waals surface area contributed by atoms with E-state index in [1.54, 1.807) is 17.4 Å². The van der Waals surface area contributed by atoms with Gasteiger partial charge in [0.1, 0.15) is 0 Å². The molecule has 2 aromatic rings.